The Labute approximate surface area is 385 Å². The van der Waals surface area contributed by atoms with Crippen LogP contribution >= 0.6 is 0 Å². The summed E-state index contributed by atoms with van der Waals surface area (Å²) < 4.78 is 18.0. The third-order valence-corrected chi connectivity index (χ3v) is 14.0. The maximum absolute atomic E-state index is 14.4. The number of carbonyl (C=O) groups is 2. The number of hydrogen-bond acceptors (Lipinski definition) is 10. The van der Waals surface area contributed by atoms with E-state index in [-0.39, 0.29) is 46.4 Å². The molecule has 2 amide bonds. The zero-order chi connectivity index (χ0) is 46.6. The zero-order valence-electron chi connectivity index (χ0n) is 38.9. The van der Waals surface area contributed by atoms with Crippen LogP contribution < -0.4 is 30.9 Å². The predicted octanol–water partition coefficient (Wildman–Crippen LogP) is 7.23. The van der Waals surface area contributed by atoms with Crippen LogP contribution in [-0.2, 0) is 37.8 Å². The fourth-order valence-corrected chi connectivity index (χ4v) is 10.7. The molecule has 9 rings (SSSR count). The molecule has 4 aliphatic rings. The molecule has 0 spiro atoms. The van der Waals surface area contributed by atoms with Crippen LogP contribution in [0, 0.1) is 11.2 Å². The summed E-state index contributed by atoms with van der Waals surface area (Å²) in [5.41, 5.74) is 8.05. The van der Waals surface area contributed by atoms with Crippen LogP contribution in [0.25, 0.3) is 11.3 Å². The van der Waals surface area contributed by atoms with Gasteiger partial charge >= 0.3 is 0 Å². The molecule has 15 heteroatoms. The minimum absolute atomic E-state index is 0.0446. The first-order valence-corrected chi connectivity index (χ1v) is 23.2. The topological polar surface area (TPSA) is 144 Å². The van der Waals surface area contributed by atoms with Gasteiger partial charge in [-0.15, -0.1) is 0 Å². The number of aliphatic hydroxyl groups is 1. The van der Waals surface area contributed by atoms with Crippen LogP contribution in [-0.4, -0.2) is 92.3 Å². The normalized spacial score (nSPS) is 18.7. The van der Waals surface area contributed by atoms with E-state index in [1.165, 1.54) is 21.9 Å². The highest BCUT2D eigenvalue weighted by molar-refractivity contribution is 6.06. The zero-order valence-corrected chi connectivity index (χ0v) is 38.9. The number of nitrogens with one attached hydrogen (secondary N) is 2. The van der Waals surface area contributed by atoms with Gasteiger partial charge in [-0.2, -0.15) is 0 Å². The van der Waals surface area contributed by atoms with E-state index in [1.54, 1.807) is 42.5 Å². The lowest BCUT2D eigenvalue weighted by molar-refractivity contribution is -0.111. The van der Waals surface area contributed by atoms with Crippen LogP contribution in [0.2, 0.25) is 0 Å². The lowest BCUT2D eigenvalue weighted by Gasteiger charge is -2.47. The molecule has 2 aromatic carbocycles. The molecule has 5 aromatic rings. The molecule has 2 fully saturated rings. The Balaban J connectivity index is 0.920. The molecular formula is C51H61FN10O4. The van der Waals surface area contributed by atoms with Crippen LogP contribution in [0.5, 0.6) is 0 Å². The summed E-state index contributed by atoms with van der Waals surface area (Å²) in [5, 5.41) is 17.0. The van der Waals surface area contributed by atoms with E-state index >= 15 is 0 Å². The fourth-order valence-electron chi connectivity index (χ4n) is 10.7. The van der Waals surface area contributed by atoms with Gasteiger partial charge < -0.3 is 34.7 Å². The monoisotopic (exact) mass is 896 g/mol. The average molecular weight is 897 g/mol. The maximum atomic E-state index is 14.4. The van der Waals surface area contributed by atoms with Crippen LogP contribution in [0.4, 0.5) is 38.8 Å². The van der Waals surface area contributed by atoms with Crippen molar-refractivity contribution in [3.8, 4) is 11.3 Å². The lowest BCUT2D eigenvalue weighted by atomic mass is 9.90. The summed E-state index contributed by atoms with van der Waals surface area (Å²) in [6, 6.07) is 15.5. The van der Waals surface area contributed by atoms with Crippen molar-refractivity contribution in [3.63, 3.8) is 0 Å². The minimum atomic E-state index is -0.405. The number of piperidine rings is 1. The molecule has 0 radical (unpaired) electrons. The van der Waals surface area contributed by atoms with Crippen molar-refractivity contribution in [2.75, 3.05) is 64.6 Å². The summed E-state index contributed by atoms with van der Waals surface area (Å²) in [4.78, 5) is 58.8. The molecule has 1 unspecified atom stereocenters. The van der Waals surface area contributed by atoms with Gasteiger partial charge in [0.2, 0.25) is 5.91 Å². The molecule has 6 heterocycles. The number of piperazine rings is 1. The standard InChI is InChI=1S/C51H61FN10O4/c1-8-46(64)55-41-24-34(9-12-43(41)60-20-19-59(28-32(60)4)35-14-17-58(18-15-35)36-10-11-40(52)38(25-36)31(2)3)54-47-50(66)57(7)29-42(56-47)37-13-16-53-48(39(37)30-63)62-22-21-61-44(49(62)65)23-33-26-51(5,6)27-45(33)61/h8-13,16,23-25,29,31-32,35,63H,1,14-15,17-22,26-28,30H2,2-7H3,(H,54,56)(H,55,64). The van der Waals surface area contributed by atoms with E-state index in [1.807, 2.05) is 44.2 Å². The van der Waals surface area contributed by atoms with E-state index in [0.29, 0.717) is 58.8 Å². The van der Waals surface area contributed by atoms with Crippen molar-refractivity contribution >= 4 is 46.2 Å². The molecule has 1 aliphatic carbocycles. The van der Waals surface area contributed by atoms with Crippen molar-refractivity contribution in [1.29, 1.82) is 0 Å². The summed E-state index contributed by atoms with van der Waals surface area (Å²) in [7, 11) is 1.64. The summed E-state index contributed by atoms with van der Waals surface area (Å²) in [6.07, 6.45) is 8.34. The number of rotatable bonds is 11. The SMILES string of the molecule is C=CC(=O)Nc1cc(Nc2nc(-c3ccnc(N4CCn5c(cc6c5CC(C)(C)C6)C4=O)c3CO)cn(C)c2=O)ccc1N1CCN(C2CCN(c3ccc(F)c(C(C)C)c3)CC2)CC1C. The largest absolute Gasteiger partial charge is 0.392 e. The van der Waals surface area contributed by atoms with Crippen LogP contribution in [0.3, 0.4) is 0 Å². The molecule has 346 valence electrons. The summed E-state index contributed by atoms with van der Waals surface area (Å²) in [6.45, 7) is 19.3. The van der Waals surface area contributed by atoms with Gasteiger partial charge in [-0.1, -0.05) is 34.3 Å². The third kappa shape index (κ3) is 8.50. The quantitative estimate of drug-likeness (QED) is 0.116. The number of pyridine rings is 1. The molecule has 2 saturated heterocycles. The molecule has 3 aliphatic heterocycles. The Kier molecular flexibility index (Phi) is 12.1. The average Bonchev–Trinajstić information content (AvgIpc) is 3.80. The summed E-state index contributed by atoms with van der Waals surface area (Å²) >= 11 is 0. The van der Waals surface area contributed by atoms with E-state index in [0.717, 1.165) is 75.3 Å². The second-order valence-electron chi connectivity index (χ2n) is 19.5. The smallest absolute Gasteiger partial charge is 0.293 e. The Morgan fingerprint density at radius 3 is 2.53 bits per heavy atom. The molecule has 14 nitrogen and oxygen atoms in total. The first-order valence-electron chi connectivity index (χ1n) is 23.2. The van der Waals surface area contributed by atoms with Gasteiger partial charge in [-0.25, -0.2) is 14.4 Å². The number of aliphatic hydroxyl groups excluding tert-OH is 1. The first kappa shape index (κ1) is 44.9. The van der Waals surface area contributed by atoms with Crippen molar-refractivity contribution < 1.29 is 19.1 Å². The molecule has 3 aromatic heterocycles. The minimum Gasteiger partial charge on any atom is -0.392 e. The van der Waals surface area contributed by atoms with Crippen molar-refractivity contribution in [2.24, 2.45) is 12.5 Å². The van der Waals surface area contributed by atoms with Gasteiger partial charge in [-0.05, 0) is 110 Å². The Hall–Kier alpha value is -6.32. The maximum Gasteiger partial charge on any atom is 0.293 e. The highest BCUT2D eigenvalue weighted by atomic mass is 19.1. The van der Waals surface area contributed by atoms with Gasteiger partial charge in [0.15, 0.2) is 5.82 Å². The molecule has 66 heavy (non-hydrogen) atoms. The number of fused-ring (bicyclic) bond motifs is 3. The van der Waals surface area contributed by atoms with Crippen molar-refractivity contribution in [1.82, 2.24) is 24.0 Å². The third-order valence-electron chi connectivity index (χ3n) is 14.0. The number of benzene rings is 2. The van der Waals surface area contributed by atoms with Crippen LogP contribution in [0.1, 0.15) is 86.3 Å². The van der Waals surface area contributed by atoms with Gasteiger partial charge in [0.25, 0.3) is 11.5 Å². The van der Waals surface area contributed by atoms with E-state index < -0.39 is 6.61 Å². The van der Waals surface area contributed by atoms with Crippen LogP contribution in [0.15, 0.2) is 78.4 Å². The van der Waals surface area contributed by atoms with Crippen molar-refractivity contribution in [3.05, 3.63) is 118 Å². The number of halogens is 1. The number of hydrogen-bond donors (Lipinski definition) is 3. The van der Waals surface area contributed by atoms with Crippen molar-refractivity contribution in [2.45, 2.75) is 91.5 Å². The second kappa shape index (κ2) is 17.8. The molecule has 1 atom stereocenters. The number of carbonyl (C=O) groups excluding carboxylic acids is 2. The van der Waals surface area contributed by atoms with Gasteiger partial charge in [0.1, 0.15) is 17.3 Å². The van der Waals surface area contributed by atoms with E-state index in [9.17, 15) is 23.9 Å². The highest BCUT2D eigenvalue weighted by Crippen LogP contribution is 2.41. The van der Waals surface area contributed by atoms with E-state index in [4.69, 9.17) is 4.98 Å². The lowest BCUT2D eigenvalue weighted by Crippen LogP contribution is -2.57. The number of nitrogens with zero attached hydrogens (tertiary/aromatic N) is 8. The first-order chi connectivity index (χ1) is 31.6. The Morgan fingerprint density at radius 1 is 1.02 bits per heavy atom. The molecule has 0 bridgehead atoms. The second-order valence-corrected chi connectivity index (χ2v) is 19.5. The fraction of sp³-hybridized carbons (Fsp3) is 0.431. The van der Waals surface area contributed by atoms with Gasteiger partial charge in [0.05, 0.1) is 23.7 Å². The number of aryl methyl sites for hydroxylation is 1. The predicted molar refractivity (Wildman–Crippen MR) is 259 cm³/mol. The van der Waals surface area contributed by atoms with Gasteiger partial charge in [0, 0.05) is 106 Å². The molecular weight excluding hydrogens is 836 g/mol. The van der Waals surface area contributed by atoms with E-state index in [2.05, 4.69) is 62.2 Å². The molecule has 0 saturated carbocycles. The Morgan fingerprint density at radius 2 is 1.80 bits per heavy atom. The molecule has 3 N–H and O–H groups in total. The number of anilines is 6. The van der Waals surface area contributed by atoms with Gasteiger partial charge in [-0.3, -0.25) is 24.2 Å². The number of amides is 2. The number of aromatic nitrogens is 4. The Bertz CT molecular complexity index is 2770. The highest BCUT2D eigenvalue weighted by Gasteiger charge is 2.38. The summed E-state index contributed by atoms with van der Waals surface area (Å²) in [5.74, 6) is -0.139.